The molecular formula is C24H28N2O4. The smallest absolute Gasteiger partial charge is 0.243 e. The first kappa shape index (κ1) is 21.7. The fraction of sp³-hybridized carbons (Fsp3) is 0.333. The predicted molar refractivity (Wildman–Crippen MR) is 115 cm³/mol. The number of benzene rings is 2. The number of aliphatic hydroxyl groups excluding tert-OH is 1. The molecule has 0 spiro atoms. The van der Waals surface area contributed by atoms with Crippen LogP contribution in [0.4, 0.5) is 0 Å². The SMILES string of the molecule is Cc1cc(COc2ccc(C[C@@](C)(CC(=O)NO)C(C)O)cc2)c2ccccc2n1. The van der Waals surface area contributed by atoms with Crippen molar-refractivity contribution < 1.29 is 19.8 Å². The first-order valence-corrected chi connectivity index (χ1v) is 9.99. The Balaban J connectivity index is 1.70. The van der Waals surface area contributed by atoms with Crippen molar-refractivity contribution >= 4 is 16.8 Å². The Morgan fingerprint density at radius 2 is 1.90 bits per heavy atom. The van der Waals surface area contributed by atoms with Crippen LogP contribution in [0.3, 0.4) is 0 Å². The fourth-order valence-electron chi connectivity index (χ4n) is 3.61. The highest BCUT2D eigenvalue weighted by Gasteiger charge is 2.33. The Labute approximate surface area is 176 Å². The summed E-state index contributed by atoms with van der Waals surface area (Å²) in [6.07, 6.45) is -0.200. The molecule has 6 nitrogen and oxygen atoms in total. The molecule has 1 unspecified atom stereocenters. The quantitative estimate of drug-likeness (QED) is 0.388. The van der Waals surface area contributed by atoms with Crippen LogP contribution in [-0.4, -0.2) is 27.3 Å². The summed E-state index contributed by atoms with van der Waals surface area (Å²) in [5.74, 6) is 0.224. The number of amides is 1. The third-order valence-electron chi connectivity index (χ3n) is 5.55. The number of pyridine rings is 1. The zero-order valence-corrected chi connectivity index (χ0v) is 17.6. The van der Waals surface area contributed by atoms with Crippen molar-refractivity contribution in [3.8, 4) is 5.75 Å². The summed E-state index contributed by atoms with van der Waals surface area (Å²) in [6.45, 7) is 5.89. The van der Waals surface area contributed by atoms with Gasteiger partial charge in [0, 0.05) is 28.5 Å². The number of nitrogens with zero attached hydrogens (tertiary/aromatic N) is 1. The van der Waals surface area contributed by atoms with Crippen LogP contribution in [0.2, 0.25) is 0 Å². The van der Waals surface area contributed by atoms with Crippen LogP contribution >= 0.6 is 0 Å². The number of carbonyl (C=O) groups is 1. The van der Waals surface area contributed by atoms with Crippen LogP contribution in [0, 0.1) is 12.3 Å². The van der Waals surface area contributed by atoms with E-state index in [0.29, 0.717) is 13.0 Å². The minimum Gasteiger partial charge on any atom is -0.489 e. The van der Waals surface area contributed by atoms with E-state index in [9.17, 15) is 9.90 Å². The third-order valence-corrected chi connectivity index (χ3v) is 5.55. The van der Waals surface area contributed by atoms with E-state index < -0.39 is 17.4 Å². The van der Waals surface area contributed by atoms with E-state index in [1.807, 2.05) is 68.4 Å². The third kappa shape index (κ3) is 5.14. The van der Waals surface area contributed by atoms with Gasteiger partial charge >= 0.3 is 0 Å². The Morgan fingerprint density at radius 1 is 1.20 bits per heavy atom. The maximum absolute atomic E-state index is 11.6. The maximum atomic E-state index is 11.6. The predicted octanol–water partition coefficient (Wildman–Crippen LogP) is 3.95. The van der Waals surface area contributed by atoms with Gasteiger partial charge in [-0.15, -0.1) is 0 Å². The van der Waals surface area contributed by atoms with E-state index in [2.05, 4.69) is 4.98 Å². The van der Waals surface area contributed by atoms with Crippen LogP contribution in [0.1, 0.15) is 37.1 Å². The molecule has 1 amide bonds. The second-order valence-electron chi connectivity index (χ2n) is 8.09. The van der Waals surface area contributed by atoms with Gasteiger partial charge in [0.2, 0.25) is 5.91 Å². The normalized spacial score (nSPS) is 14.2. The second-order valence-corrected chi connectivity index (χ2v) is 8.09. The molecule has 0 fully saturated rings. The van der Waals surface area contributed by atoms with Gasteiger partial charge in [-0.2, -0.15) is 0 Å². The van der Waals surface area contributed by atoms with Crippen molar-refractivity contribution in [2.75, 3.05) is 0 Å². The zero-order chi connectivity index (χ0) is 21.7. The Hall–Kier alpha value is -2.96. The fourth-order valence-corrected chi connectivity index (χ4v) is 3.61. The van der Waals surface area contributed by atoms with Gasteiger partial charge in [0.05, 0.1) is 11.6 Å². The van der Waals surface area contributed by atoms with E-state index in [4.69, 9.17) is 9.94 Å². The number of hydrogen-bond acceptors (Lipinski definition) is 5. The number of aryl methyl sites for hydroxylation is 1. The molecule has 1 heterocycles. The zero-order valence-electron chi connectivity index (χ0n) is 17.6. The van der Waals surface area contributed by atoms with E-state index in [-0.39, 0.29) is 6.42 Å². The molecule has 3 N–H and O–H groups in total. The number of fused-ring (bicyclic) bond motifs is 1. The number of para-hydroxylation sites is 1. The number of hydroxylamine groups is 1. The molecule has 0 radical (unpaired) electrons. The van der Waals surface area contributed by atoms with Gasteiger partial charge in [0.25, 0.3) is 0 Å². The maximum Gasteiger partial charge on any atom is 0.243 e. The second kappa shape index (κ2) is 9.24. The topological polar surface area (TPSA) is 91.7 Å². The molecular weight excluding hydrogens is 380 g/mol. The number of hydrogen-bond donors (Lipinski definition) is 3. The van der Waals surface area contributed by atoms with Crippen LogP contribution in [-0.2, 0) is 17.8 Å². The number of nitrogens with one attached hydrogen (secondary N) is 1. The van der Waals surface area contributed by atoms with Crippen molar-refractivity contribution in [2.45, 2.75) is 46.3 Å². The van der Waals surface area contributed by atoms with E-state index in [0.717, 1.165) is 33.5 Å². The number of aromatic nitrogens is 1. The van der Waals surface area contributed by atoms with Crippen molar-refractivity contribution in [1.82, 2.24) is 10.5 Å². The Kier molecular flexibility index (Phi) is 6.70. The Bertz CT molecular complexity index is 1020. The molecule has 0 aliphatic carbocycles. The van der Waals surface area contributed by atoms with Crippen LogP contribution in [0.5, 0.6) is 5.75 Å². The molecule has 6 heteroatoms. The van der Waals surface area contributed by atoms with Crippen molar-refractivity contribution in [1.29, 1.82) is 0 Å². The lowest BCUT2D eigenvalue weighted by molar-refractivity contribution is -0.133. The highest BCUT2D eigenvalue weighted by molar-refractivity contribution is 5.82. The summed E-state index contributed by atoms with van der Waals surface area (Å²) >= 11 is 0. The van der Waals surface area contributed by atoms with Gasteiger partial charge in [-0.25, -0.2) is 5.48 Å². The molecule has 2 atom stereocenters. The summed E-state index contributed by atoms with van der Waals surface area (Å²) in [4.78, 5) is 16.2. The van der Waals surface area contributed by atoms with Gasteiger partial charge < -0.3 is 9.84 Å². The molecule has 0 saturated carbocycles. The standard InChI is InChI=1S/C24H28N2O4/c1-16-12-19(21-6-4-5-7-22(21)25-16)15-30-20-10-8-18(9-11-20)13-24(3,17(2)27)14-23(28)26-29/h4-12,17,27,29H,13-15H2,1-3H3,(H,26,28)/t17?,24-/m0/s1. The van der Waals surface area contributed by atoms with Gasteiger partial charge in [-0.3, -0.25) is 15.0 Å². The van der Waals surface area contributed by atoms with E-state index >= 15 is 0 Å². The van der Waals surface area contributed by atoms with Gasteiger partial charge in [-0.1, -0.05) is 37.3 Å². The molecule has 0 saturated heterocycles. The average Bonchev–Trinajstić information content (AvgIpc) is 2.72. The molecule has 158 valence electrons. The number of rotatable bonds is 8. The van der Waals surface area contributed by atoms with Crippen molar-refractivity contribution in [3.05, 3.63) is 71.4 Å². The van der Waals surface area contributed by atoms with E-state index in [1.54, 1.807) is 12.4 Å². The first-order valence-electron chi connectivity index (χ1n) is 9.99. The lowest BCUT2D eigenvalue weighted by Crippen LogP contribution is -2.37. The monoisotopic (exact) mass is 408 g/mol. The highest BCUT2D eigenvalue weighted by Crippen LogP contribution is 2.31. The lowest BCUT2D eigenvalue weighted by atomic mass is 9.76. The number of aliphatic hydroxyl groups is 1. The Morgan fingerprint density at radius 3 is 2.57 bits per heavy atom. The molecule has 3 aromatic rings. The highest BCUT2D eigenvalue weighted by atomic mass is 16.5. The molecule has 0 aliphatic rings. The van der Waals surface area contributed by atoms with Crippen LogP contribution < -0.4 is 10.2 Å². The van der Waals surface area contributed by atoms with Gasteiger partial charge in [0.15, 0.2) is 0 Å². The van der Waals surface area contributed by atoms with Crippen LogP contribution in [0.25, 0.3) is 10.9 Å². The number of ether oxygens (including phenoxy) is 1. The lowest BCUT2D eigenvalue weighted by Gasteiger charge is -2.32. The molecule has 0 aliphatic heterocycles. The average molecular weight is 408 g/mol. The van der Waals surface area contributed by atoms with E-state index in [1.165, 1.54) is 0 Å². The summed E-state index contributed by atoms with van der Waals surface area (Å²) in [6, 6.07) is 17.7. The largest absolute Gasteiger partial charge is 0.489 e. The molecule has 2 aromatic carbocycles. The first-order chi connectivity index (χ1) is 14.3. The molecule has 0 bridgehead atoms. The van der Waals surface area contributed by atoms with Crippen LogP contribution in [0.15, 0.2) is 54.6 Å². The van der Waals surface area contributed by atoms with Gasteiger partial charge in [0.1, 0.15) is 12.4 Å². The summed E-state index contributed by atoms with van der Waals surface area (Å²) < 4.78 is 6.00. The van der Waals surface area contributed by atoms with Crippen molar-refractivity contribution in [2.24, 2.45) is 5.41 Å². The van der Waals surface area contributed by atoms with Crippen molar-refractivity contribution in [3.63, 3.8) is 0 Å². The molecule has 1 aromatic heterocycles. The van der Waals surface area contributed by atoms with Gasteiger partial charge in [-0.05, 0) is 50.1 Å². The number of carbonyl (C=O) groups excluding carboxylic acids is 1. The molecule has 3 rings (SSSR count). The molecule has 30 heavy (non-hydrogen) atoms. The minimum atomic E-state index is -0.714. The summed E-state index contributed by atoms with van der Waals surface area (Å²) in [7, 11) is 0. The summed E-state index contributed by atoms with van der Waals surface area (Å²) in [5, 5.41) is 20.1. The summed E-state index contributed by atoms with van der Waals surface area (Å²) in [5.41, 5.74) is 4.91. The minimum absolute atomic E-state index is 0.0217.